The molecule has 0 aromatic heterocycles. The Bertz CT molecular complexity index is 1150. The minimum absolute atomic E-state index is 0.0803. The largest absolute Gasteiger partial charge is 0.462 e. The van der Waals surface area contributed by atoms with Gasteiger partial charge in [-0.05, 0) is 70.6 Å². The maximum absolute atomic E-state index is 12.8. The van der Waals surface area contributed by atoms with Gasteiger partial charge in [0.05, 0.1) is 0 Å². The van der Waals surface area contributed by atoms with Crippen LogP contribution in [0.2, 0.25) is 0 Å². The highest BCUT2D eigenvalue weighted by Crippen LogP contribution is 2.16. The van der Waals surface area contributed by atoms with Gasteiger partial charge < -0.3 is 14.2 Å². The van der Waals surface area contributed by atoms with Crippen molar-refractivity contribution in [2.45, 2.75) is 303 Å². The first-order valence-corrected chi connectivity index (χ1v) is 28.7. The molecule has 0 rings (SSSR count). The van der Waals surface area contributed by atoms with Crippen molar-refractivity contribution in [3.05, 3.63) is 48.6 Å². The highest BCUT2D eigenvalue weighted by molar-refractivity contribution is 5.71. The third-order valence-electron chi connectivity index (χ3n) is 12.6. The Morgan fingerprint density at radius 3 is 0.879 bits per heavy atom. The van der Waals surface area contributed by atoms with Crippen LogP contribution in [0, 0.1) is 0 Å². The second-order valence-corrected chi connectivity index (χ2v) is 19.3. The Morgan fingerprint density at radius 1 is 0.303 bits per heavy atom. The summed E-state index contributed by atoms with van der Waals surface area (Å²) < 4.78 is 16.8. The molecule has 0 saturated heterocycles. The Morgan fingerprint density at radius 2 is 0.561 bits per heavy atom. The molecule has 0 N–H and O–H groups in total. The summed E-state index contributed by atoms with van der Waals surface area (Å²) in [6, 6.07) is 0. The monoisotopic (exact) mass is 925 g/mol. The second kappa shape index (κ2) is 55.0. The second-order valence-electron chi connectivity index (χ2n) is 19.3. The maximum atomic E-state index is 12.8. The molecule has 0 aromatic carbocycles. The van der Waals surface area contributed by atoms with E-state index in [1.54, 1.807) is 0 Å². The van der Waals surface area contributed by atoms with Gasteiger partial charge in [0.15, 0.2) is 6.10 Å². The van der Waals surface area contributed by atoms with E-state index < -0.39 is 6.10 Å². The fourth-order valence-corrected chi connectivity index (χ4v) is 8.26. The van der Waals surface area contributed by atoms with Gasteiger partial charge in [0, 0.05) is 19.3 Å². The molecule has 1 atom stereocenters. The number of carbonyl (C=O) groups excluding carboxylic acids is 3. The zero-order chi connectivity index (χ0) is 47.9. The minimum atomic E-state index is -0.783. The van der Waals surface area contributed by atoms with Crippen LogP contribution in [-0.2, 0) is 28.6 Å². The predicted octanol–water partition coefficient (Wildman–Crippen LogP) is 19.0. The van der Waals surface area contributed by atoms with Crippen molar-refractivity contribution in [2.24, 2.45) is 0 Å². The average molecular weight is 926 g/mol. The lowest BCUT2D eigenvalue weighted by Gasteiger charge is -2.18. The average Bonchev–Trinajstić information content (AvgIpc) is 3.31. The highest BCUT2D eigenvalue weighted by Gasteiger charge is 2.19. The minimum Gasteiger partial charge on any atom is -0.462 e. The van der Waals surface area contributed by atoms with Crippen LogP contribution in [0.3, 0.4) is 0 Å². The Balaban J connectivity index is 4.41. The van der Waals surface area contributed by atoms with Crippen LogP contribution in [0.25, 0.3) is 0 Å². The topological polar surface area (TPSA) is 78.9 Å². The molecule has 0 saturated carbocycles. The molecule has 0 spiro atoms. The number of esters is 3. The van der Waals surface area contributed by atoms with Crippen molar-refractivity contribution in [2.75, 3.05) is 13.2 Å². The zero-order valence-electron chi connectivity index (χ0n) is 44.0. The molecule has 384 valence electrons. The molecular weight excluding hydrogens is 817 g/mol. The SMILES string of the molecule is CCCCCCC\C=C/C=C\C=C/CCCCCCCC(=O)OCC(COC(=O)CCCCCCCCCCCCCCCC)OC(=O)CCCCCCC/C=C\CCCCCCCCC. The normalized spacial score (nSPS) is 12.3. The Labute approximate surface area is 409 Å². The molecule has 0 aliphatic heterocycles. The molecule has 0 radical (unpaired) electrons. The van der Waals surface area contributed by atoms with Crippen molar-refractivity contribution in [1.29, 1.82) is 0 Å². The van der Waals surface area contributed by atoms with Crippen molar-refractivity contribution >= 4 is 17.9 Å². The smallest absolute Gasteiger partial charge is 0.306 e. The first-order valence-electron chi connectivity index (χ1n) is 28.7. The molecule has 0 fully saturated rings. The first kappa shape index (κ1) is 63.4. The van der Waals surface area contributed by atoms with Crippen LogP contribution in [0.4, 0.5) is 0 Å². The van der Waals surface area contributed by atoms with Gasteiger partial charge in [-0.3, -0.25) is 14.4 Å². The third kappa shape index (κ3) is 52.3. The Kier molecular flexibility index (Phi) is 52.8. The molecule has 6 heteroatoms. The van der Waals surface area contributed by atoms with Crippen molar-refractivity contribution < 1.29 is 28.6 Å². The number of unbranched alkanes of at least 4 members (excludes halogenated alkanes) is 35. The van der Waals surface area contributed by atoms with E-state index in [2.05, 4.69) is 69.4 Å². The fourth-order valence-electron chi connectivity index (χ4n) is 8.26. The quantitative estimate of drug-likeness (QED) is 0.0199. The molecule has 0 heterocycles. The summed E-state index contributed by atoms with van der Waals surface area (Å²) in [6.45, 7) is 6.63. The summed E-state index contributed by atoms with van der Waals surface area (Å²) in [5.74, 6) is -0.895. The summed E-state index contributed by atoms with van der Waals surface area (Å²) >= 11 is 0. The van der Waals surface area contributed by atoms with Crippen molar-refractivity contribution in [3.63, 3.8) is 0 Å². The summed E-state index contributed by atoms with van der Waals surface area (Å²) in [4.78, 5) is 38.1. The standard InChI is InChI=1S/C60H108O6/c1-4-7-10-13-16-19-22-25-28-30-31-33-35-38-41-44-47-50-53-59(62)65-56-57(55-64-58(61)52-49-46-43-40-37-34-27-24-21-18-15-12-9-6-3)66-60(63)54-51-48-45-42-39-36-32-29-26-23-20-17-14-11-8-5-2/h22,25,28-33,57H,4-21,23-24,26-27,34-56H2,1-3H3/b25-22-,30-28-,32-29-,33-31-. The lowest BCUT2D eigenvalue weighted by molar-refractivity contribution is -0.167. The van der Waals surface area contributed by atoms with Gasteiger partial charge in [-0.25, -0.2) is 0 Å². The zero-order valence-corrected chi connectivity index (χ0v) is 44.0. The molecule has 0 aromatic rings. The lowest BCUT2D eigenvalue weighted by atomic mass is 10.0. The maximum Gasteiger partial charge on any atom is 0.306 e. The van der Waals surface area contributed by atoms with Crippen LogP contribution in [0.5, 0.6) is 0 Å². The van der Waals surface area contributed by atoms with Crippen LogP contribution < -0.4 is 0 Å². The van der Waals surface area contributed by atoms with Crippen LogP contribution >= 0.6 is 0 Å². The van der Waals surface area contributed by atoms with E-state index in [1.165, 1.54) is 167 Å². The molecule has 0 amide bonds. The van der Waals surface area contributed by atoms with Gasteiger partial charge in [-0.1, -0.05) is 256 Å². The first-order chi connectivity index (χ1) is 32.5. The molecule has 6 nitrogen and oxygen atoms in total. The van der Waals surface area contributed by atoms with E-state index in [1.807, 2.05) is 0 Å². The van der Waals surface area contributed by atoms with Gasteiger partial charge in [-0.15, -0.1) is 0 Å². The highest BCUT2D eigenvalue weighted by atomic mass is 16.6. The van der Waals surface area contributed by atoms with Gasteiger partial charge in [0.2, 0.25) is 0 Å². The molecule has 0 bridgehead atoms. The number of ether oxygens (including phenoxy) is 3. The predicted molar refractivity (Wildman–Crippen MR) is 284 cm³/mol. The number of hydrogen-bond acceptors (Lipinski definition) is 6. The summed E-state index contributed by atoms with van der Waals surface area (Å²) in [6.07, 6.45) is 66.6. The van der Waals surface area contributed by atoms with Crippen LogP contribution in [0.1, 0.15) is 297 Å². The molecular formula is C60H108O6. The van der Waals surface area contributed by atoms with Crippen LogP contribution in [-0.4, -0.2) is 37.2 Å². The third-order valence-corrected chi connectivity index (χ3v) is 12.6. The van der Waals surface area contributed by atoms with Gasteiger partial charge in [0.1, 0.15) is 13.2 Å². The number of hydrogen-bond donors (Lipinski definition) is 0. The molecule has 1 unspecified atom stereocenters. The van der Waals surface area contributed by atoms with Gasteiger partial charge in [0.25, 0.3) is 0 Å². The van der Waals surface area contributed by atoms with Crippen LogP contribution in [0.15, 0.2) is 48.6 Å². The lowest BCUT2D eigenvalue weighted by Crippen LogP contribution is -2.30. The summed E-state index contributed by atoms with van der Waals surface area (Å²) in [5, 5.41) is 0. The summed E-state index contributed by atoms with van der Waals surface area (Å²) in [5.41, 5.74) is 0. The summed E-state index contributed by atoms with van der Waals surface area (Å²) in [7, 11) is 0. The number of carbonyl (C=O) groups is 3. The van der Waals surface area contributed by atoms with E-state index in [-0.39, 0.29) is 31.1 Å². The number of allylic oxidation sites excluding steroid dienone is 8. The molecule has 0 aliphatic carbocycles. The van der Waals surface area contributed by atoms with E-state index in [0.717, 1.165) is 89.9 Å². The van der Waals surface area contributed by atoms with E-state index in [4.69, 9.17) is 14.2 Å². The Hall–Kier alpha value is -2.63. The van der Waals surface area contributed by atoms with Gasteiger partial charge in [-0.2, -0.15) is 0 Å². The van der Waals surface area contributed by atoms with E-state index in [0.29, 0.717) is 19.3 Å². The van der Waals surface area contributed by atoms with E-state index >= 15 is 0 Å². The van der Waals surface area contributed by atoms with Crippen molar-refractivity contribution in [3.8, 4) is 0 Å². The molecule has 0 aliphatic rings. The van der Waals surface area contributed by atoms with Crippen molar-refractivity contribution in [1.82, 2.24) is 0 Å². The van der Waals surface area contributed by atoms with E-state index in [9.17, 15) is 14.4 Å². The van der Waals surface area contributed by atoms with Gasteiger partial charge >= 0.3 is 17.9 Å². The fraction of sp³-hybridized carbons (Fsp3) is 0.817. The molecule has 66 heavy (non-hydrogen) atoms. The number of rotatable bonds is 52.